The number of carbonyl (C=O) groups is 1. The molecular weight excluding hydrogens is 677 g/mol. The van der Waals surface area contributed by atoms with Crippen molar-refractivity contribution >= 4 is 39.1 Å². The second-order valence-electron chi connectivity index (χ2n) is 15.2. The van der Waals surface area contributed by atoms with Crippen LogP contribution >= 0.6 is 11.3 Å². The van der Waals surface area contributed by atoms with E-state index < -0.39 is 5.41 Å². The maximum Gasteiger partial charge on any atom is 0.273 e. The molecule has 0 unspecified atom stereocenters. The van der Waals surface area contributed by atoms with E-state index in [0.29, 0.717) is 46.9 Å². The Bertz CT molecular complexity index is 2250. The molecule has 9 rings (SSSR count). The number of likely N-dealkylation sites (tertiary alicyclic amines) is 1. The first-order valence-corrected chi connectivity index (χ1v) is 19.3. The highest BCUT2D eigenvalue weighted by atomic mass is 32.1. The fourth-order valence-corrected chi connectivity index (χ4v) is 10.6. The minimum Gasteiger partial charge on any atom is -0.389 e. The number of aromatic nitrogens is 7. The summed E-state index contributed by atoms with van der Waals surface area (Å²) < 4.78 is 10.4. The van der Waals surface area contributed by atoms with Gasteiger partial charge in [0.1, 0.15) is 16.9 Å². The van der Waals surface area contributed by atoms with Gasteiger partial charge in [0.15, 0.2) is 28.6 Å². The fourth-order valence-electron chi connectivity index (χ4n) is 9.46. The van der Waals surface area contributed by atoms with E-state index in [1.54, 1.807) is 30.3 Å². The average Bonchev–Trinajstić information content (AvgIpc) is 3.97. The smallest absolute Gasteiger partial charge is 0.273 e. The highest BCUT2D eigenvalue weighted by molar-refractivity contribution is 7.16. The molecule has 1 saturated heterocycles. The van der Waals surface area contributed by atoms with Crippen LogP contribution in [0, 0.1) is 11.3 Å². The molecule has 2 N–H and O–H groups in total. The summed E-state index contributed by atoms with van der Waals surface area (Å²) in [6.07, 6.45) is 10.4. The number of thiophene rings is 1. The van der Waals surface area contributed by atoms with E-state index >= 15 is 0 Å². The highest BCUT2D eigenvalue weighted by Gasteiger charge is 2.49. The Balaban J connectivity index is 1.19. The van der Waals surface area contributed by atoms with E-state index in [1.165, 1.54) is 4.88 Å². The topological polar surface area (TPSA) is 164 Å². The van der Waals surface area contributed by atoms with Crippen LogP contribution in [0.15, 0.2) is 16.8 Å². The molecule has 7 heterocycles. The minimum atomic E-state index is -0.438. The molecule has 3 atom stereocenters. The molecule has 14 nitrogen and oxygen atoms in total. The van der Waals surface area contributed by atoms with Gasteiger partial charge in [-0.05, 0) is 89.9 Å². The number of nitrogen functional groups attached to an aromatic ring is 1. The van der Waals surface area contributed by atoms with Crippen LogP contribution in [-0.4, -0.2) is 90.7 Å². The van der Waals surface area contributed by atoms with Crippen LogP contribution in [0.3, 0.4) is 0 Å². The summed E-state index contributed by atoms with van der Waals surface area (Å²) >= 11 is 1.55. The van der Waals surface area contributed by atoms with Crippen LogP contribution in [0.2, 0.25) is 0 Å². The number of hydrogen-bond donors (Lipinski definition) is 1. The van der Waals surface area contributed by atoms with Crippen molar-refractivity contribution in [2.24, 2.45) is 0 Å². The number of nitrogens with zero attached hydrogens (tertiary/aromatic N) is 11. The van der Waals surface area contributed by atoms with Crippen molar-refractivity contribution in [1.29, 1.82) is 5.26 Å². The van der Waals surface area contributed by atoms with Crippen molar-refractivity contribution in [2.45, 2.75) is 95.3 Å². The lowest BCUT2D eigenvalue weighted by Gasteiger charge is -2.39. The number of aryl methyl sites for hydroxylation is 2. The number of carbonyl (C=O) groups excluding carboxylic acids is 1. The number of likely N-dealkylation sites (N-methyl/N-ethyl adjacent to an activating group) is 1. The standard InChI is InChI=1S/C37H44N12O2S/c1-21(27-10-7-14-46(27)4)49-35-25(19-40-49)34(47-15-8-16-48-22(20-47)17-26(43-48)36(50)45(2)3)41-33(42-35)30-23-9-5-12-37(31(23)51-44-30)13-6-11-28-29(37)24(18-38)32(39)52-28/h17,19,21,27H,5-16,20,39H2,1-4H3/t21-,27-,37-/m0/s1. The van der Waals surface area contributed by atoms with E-state index in [4.69, 9.17) is 30.5 Å². The van der Waals surface area contributed by atoms with Crippen molar-refractivity contribution in [2.75, 3.05) is 44.9 Å². The molecule has 52 heavy (non-hydrogen) atoms. The van der Waals surface area contributed by atoms with Crippen LogP contribution in [0.1, 0.15) is 101 Å². The zero-order valence-corrected chi connectivity index (χ0v) is 31.0. The first-order chi connectivity index (χ1) is 25.2. The summed E-state index contributed by atoms with van der Waals surface area (Å²) in [5.74, 6) is 2.02. The lowest BCUT2D eigenvalue weighted by atomic mass is 9.63. The van der Waals surface area contributed by atoms with Crippen molar-refractivity contribution in [1.82, 2.24) is 44.5 Å². The number of rotatable bonds is 5. The molecule has 270 valence electrons. The number of nitrogens with two attached hydrogens (primary N) is 1. The lowest BCUT2D eigenvalue weighted by Crippen LogP contribution is -2.35. The highest BCUT2D eigenvalue weighted by Crippen LogP contribution is 2.55. The molecule has 2 aliphatic carbocycles. The Hall–Kier alpha value is -4.81. The Morgan fingerprint density at radius 3 is 2.75 bits per heavy atom. The number of fused-ring (bicyclic) bond motifs is 6. The first-order valence-electron chi connectivity index (χ1n) is 18.5. The maximum absolute atomic E-state index is 12.8. The molecule has 2 aliphatic heterocycles. The van der Waals surface area contributed by atoms with Gasteiger partial charge in [0.05, 0.1) is 40.8 Å². The Kier molecular flexibility index (Phi) is 7.89. The fraction of sp³-hybridized carbons (Fsp3) is 0.541. The third-order valence-corrected chi connectivity index (χ3v) is 13.0. The molecule has 4 aliphatic rings. The number of nitriles is 1. The van der Waals surface area contributed by atoms with Gasteiger partial charge in [-0.1, -0.05) is 5.16 Å². The summed E-state index contributed by atoms with van der Waals surface area (Å²) in [4.78, 5) is 30.9. The van der Waals surface area contributed by atoms with Crippen LogP contribution in [-0.2, 0) is 31.3 Å². The van der Waals surface area contributed by atoms with Gasteiger partial charge in [-0.15, -0.1) is 11.3 Å². The van der Waals surface area contributed by atoms with Gasteiger partial charge in [-0.25, -0.2) is 14.6 Å². The minimum absolute atomic E-state index is 0.0920. The molecule has 1 fully saturated rings. The zero-order chi connectivity index (χ0) is 35.9. The van der Waals surface area contributed by atoms with Gasteiger partial charge in [0.2, 0.25) is 0 Å². The Morgan fingerprint density at radius 2 is 1.98 bits per heavy atom. The van der Waals surface area contributed by atoms with E-state index in [9.17, 15) is 10.1 Å². The third kappa shape index (κ3) is 4.97. The number of anilines is 2. The predicted octanol–water partition coefficient (Wildman–Crippen LogP) is 4.92. The summed E-state index contributed by atoms with van der Waals surface area (Å²) in [7, 11) is 5.68. The summed E-state index contributed by atoms with van der Waals surface area (Å²) in [5, 5.41) is 26.1. The average molecular weight is 721 g/mol. The van der Waals surface area contributed by atoms with Gasteiger partial charge in [-0.2, -0.15) is 15.5 Å². The van der Waals surface area contributed by atoms with Crippen molar-refractivity contribution in [3.05, 3.63) is 51.0 Å². The van der Waals surface area contributed by atoms with E-state index in [-0.39, 0.29) is 11.9 Å². The summed E-state index contributed by atoms with van der Waals surface area (Å²) in [6, 6.07) is 4.77. The van der Waals surface area contributed by atoms with Crippen LogP contribution < -0.4 is 10.6 Å². The largest absolute Gasteiger partial charge is 0.389 e. The predicted molar refractivity (Wildman–Crippen MR) is 197 cm³/mol. The second-order valence-corrected chi connectivity index (χ2v) is 16.4. The Labute approximate surface area is 306 Å². The second kappa shape index (κ2) is 12.4. The van der Waals surface area contributed by atoms with Crippen molar-refractivity contribution < 1.29 is 9.32 Å². The van der Waals surface area contributed by atoms with Crippen LogP contribution in [0.4, 0.5) is 10.8 Å². The molecular formula is C37H44N12O2S. The summed E-state index contributed by atoms with van der Waals surface area (Å²) in [5.41, 5.74) is 11.5. The van der Waals surface area contributed by atoms with E-state index in [1.807, 2.05) is 16.9 Å². The monoisotopic (exact) mass is 720 g/mol. The Morgan fingerprint density at radius 1 is 1.15 bits per heavy atom. The summed E-state index contributed by atoms with van der Waals surface area (Å²) in [6.45, 7) is 5.28. The molecule has 1 spiro atoms. The van der Waals surface area contributed by atoms with Gasteiger partial charge >= 0.3 is 0 Å². The SMILES string of the molecule is C[C@@H]([C@@H]1CCCN1C)n1ncc2c(N3CCCn4nc(C(=O)N(C)C)cc4C3)nc(-c3noc4c3CCC[C@@]43CCCc4sc(N)c(C#N)c43)nc21. The van der Waals surface area contributed by atoms with Gasteiger partial charge in [0, 0.05) is 43.7 Å². The van der Waals surface area contributed by atoms with Crippen molar-refractivity contribution in [3.63, 3.8) is 0 Å². The lowest BCUT2D eigenvalue weighted by molar-refractivity contribution is 0.0821. The molecule has 1 amide bonds. The first kappa shape index (κ1) is 33.1. The van der Waals surface area contributed by atoms with E-state index in [2.05, 4.69) is 39.6 Å². The quantitative estimate of drug-likeness (QED) is 0.262. The van der Waals surface area contributed by atoms with Gasteiger partial charge in [0.25, 0.3) is 5.91 Å². The molecule has 0 aromatic carbocycles. The van der Waals surface area contributed by atoms with E-state index in [0.717, 1.165) is 110 Å². The third-order valence-electron chi connectivity index (χ3n) is 12.0. The van der Waals surface area contributed by atoms with Crippen LogP contribution in [0.5, 0.6) is 0 Å². The van der Waals surface area contributed by atoms with Gasteiger partial charge in [-0.3, -0.25) is 9.48 Å². The molecule has 15 heteroatoms. The maximum atomic E-state index is 12.8. The van der Waals surface area contributed by atoms with Crippen molar-refractivity contribution in [3.8, 4) is 17.6 Å². The molecule has 5 aromatic heterocycles. The number of amides is 1. The number of hydrogen-bond acceptors (Lipinski definition) is 12. The molecule has 0 bridgehead atoms. The molecule has 0 radical (unpaired) electrons. The normalized spacial score (nSPS) is 22.2. The molecule has 5 aromatic rings. The van der Waals surface area contributed by atoms with Crippen LogP contribution in [0.25, 0.3) is 22.6 Å². The zero-order valence-electron chi connectivity index (χ0n) is 30.2. The van der Waals surface area contributed by atoms with Gasteiger partial charge < -0.3 is 25.0 Å². The molecule has 0 saturated carbocycles.